The van der Waals surface area contributed by atoms with Crippen LogP contribution in [0.3, 0.4) is 0 Å². The molecular weight excluding hydrogens is 306 g/mol. The number of esters is 1. The number of rotatable bonds is 4. The highest BCUT2D eigenvalue weighted by molar-refractivity contribution is 9.10. The van der Waals surface area contributed by atoms with Crippen molar-refractivity contribution in [1.29, 1.82) is 5.26 Å². The van der Waals surface area contributed by atoms with Crippen molar-refractivity contribution >= 4 is 28.0 Å². The first kappa shape index (κ1) is 15.5. The first-order valence-corrected chi connectivity index (χ1v) is 6.75. The van der Waals surface area contributed by atoms with Crippen LogP contribution in [0.15, 0.2) is 28.7 Å². The van der Waals surface area contributed by atoms with E-state index in [0.717, 1.165) is 15.6 Å². The van der Waals surface area contributed by atoms with Gasteiger partial charge < -0.3 is 4.74 Å². The van der Waals surface area contributed by atoms with Gasteiger partial charge >= 0.3 is 5.97 Å². The van der Waals surface area contributed by atoms with E-state index in [1.54, 1.807) is 13.0 Å². The molecule has 0 N–H and O–H groups in total. The van der Waals surface area contributed by atoms with Crippen LogP contribution in [0, 0.1) is 11.3 Å². The smallest absolute Gasteiger partial charge is 0.330 e. The summed E-state index contributed by atoms with van der Waals surface area (Å²) >= 11 is 3.41. The van der Waals surface area contributed by atoms with E-state index >= 15 is 0 Å². The SMILES string of the molecule is CCOC(=O)/C=C/c1cc(Br)cc(C(C)(C)C#N)c1. The van der Waals surface area contributed by atoms with Gasteiger partial charge in [-0.25, -0.2) is 4.79 Å². The van der Waals surface area contributed by atoms with E-state index in [0.29, 0.717) is 6.61 Å². The molecule has 0 saturated carbocycles. The number of halogens is 1. The normalized spacial score (nSPS) is 11.3. The van der Waals surface area contributed by atoms with Crippen molar-refractivity contribution in [2.24, 2.45) is 0 Å². The predicted octanol–water partition coefficient (Wildman–Crippen LogP) is 3.83. The van der Waals surface area contributed by atoms with E-state index in [2.05, 4.69) is 22.0 Å². The lowest BCUT2D eigenvalue weighted by Gasteiger charge is -2.16. The summed E-state index contributed by atoms with van der Waals surface area (Å²) in [5.74, 6) is -0.372. The number of hydrogen-bond acceptors (Lipinski definition) is 3. The lowest BCUT2D eigenvalue weighted by atomic mass is 9.85. The average Bonchev–Trinajstić information content (AvgIpc) is 2.36. The van der Waals surface area contributed by atoms with Crippen molar-refractivity contribution in [3.05, 3.63) is 39.9 Å². The van der Waals surface area contributed by atoms with E-state index in [9.17, 15) is 4.79 Å². The summed E-state index contributed by atoms with van der Waals surface area (Å²) in [5.41, 5.74) is 1.17. The Bertz CT molecular complexity index is 542. The highest BCUT2D eigenvalue weighted by Gasteiger charge is 2.20. The second-order valence-corrected chi connectivity index (χ2v) is 5.51. The van der Waals surface area contributed by atoms with E-state index in [1.165, 1.54) is 6.08 Å². The van der Waals surface area contributed by atoms with E-state index < -0.39 is 5.41 Å². The van der Waals surface area contributed by atoms with Gasteiger partial charge in [-0.2, -0.15) is 5.26 Å². The van der Waals surface area contributed by atoms with Gasteiger partial charge in [0.05, 0.1) is 18.1 Å². The fourth-order valence-electron chi connectivity index (χ4n) is 1.49. The second-order valence-electron chi connectivity index (χ2n) is 4.60. The fraction of sp³-hybridized carbons (Fsp3) is 0.333. The molecule has 0 aliphatic carbocycles. The van der Waals surface area contributed by atoms with Crippen molar-refractivity contribution < 1.29 is 9.53 Å². The Morgan fingerprint density at radius 3 is 2.74 bits per heavy atom. The van der Waals surface area contributed by atoms with Gasteiger partial charge in [0.25, 0.3) is 0 Å². The van der Waals surface area contributed by atoms with E-state index in [-0.39, 0.29) is 5.97 Å². The van der Waals surface area contributed by atoms with Crippen LogP contribution in [0.25, 0.3) is 6.08 Å². The molecule has 0 aliphatic rings. The minimum absolute atomic E-state index is 0.356. The van der Waals surface area contributed by atoms with Gasteiger partial charge in [0, 0.05) is 10.5 Å². The molecule has 0 aliphatic heterocycles. The van der Waals surface area contributed by atoms with Crippen LogP contribution in [0.2, 0.25) is 0 Å². The predicted molar refractivity (Wildman–Crippen MR) is 78.4 cm³/mol. The second kappa shape index (κ2) is 6.53. The number of nitriles is 1. The standard InChI is InChI=1S/C15H16BrNO2/c1-4-19-14(18)6-5-11-7-12(9-13(16)8-11)15(2,3)10-17/h5-9H,4H2,1-3H3/b6-5+. The zero-order valence-electron chi connectivity index (χ0n) is 11.2. The molecule has 0 aromatic heterocycles. The largest absolute Gasteiger partial charge is 0.463 e. The Morgan fingerprint density at radius 1 is 1.47 bits per heavy atom. The highest BCUT2D eigenvalue weighted by Crippen LogP contribution is 2.27. The van der Waals surface area contributed by atoms with Crippen LogP contribution >= 0.6 is 15.9 Å². The number of carbonyl (C=O) groups is 1. The molecule has 0 atom stereocenters. The van der Waals surface area contributed by atoms with Crippen molar-refractivity contribution in [2.45, 2.75) is 26.2 Å². The van der Waals surface area contributed by atoms with Gasteiger partial charge in [0.15, 0.2) is 0 Å². The van der Waals surface area contributed by atoms with Gasteiger partial charge in [-0.3, -0.25) is 0 Å². The molecule has 4 heteroatoms. The fourth-order valence-corrected chi connectivity index (χ4v) is 2.00. The van der Waals surface area contributed by atoms with Crippen molar-refractivity contribution in [1.82, 2.24) is 0 Å². The molecular formula is C15H16BrNO2. The summed E-state index contributed by atoms with van der Waals surface area (Å²) in [5, 5.41) is 9.16. The van der Waals surface area contributed by atoms with Crippen LogP contribution in [-0.2, 0) is 14.9 Å². The molecule has 0 unspecified atom stereocenters. The molecule has 0 bridgehead atoms. The summed E-state index contributed by atoms with van der Waals surface area (Å²) in [6.07, 6.45) is 3.06. The maximum absolute atomic E-state index is 11.3. The Kier molecular flexibility index (Phi) is 5.31. The summed E-state index contributed by atoms with van der Waals surface area (Å²) in [6, 6.07) is 7.94. The zero-order valence-corrected chi connectivity index (χ0v) is 12.8. The number of carbonyl (C=O) groups excluding carboxylic acids is 1. The van der Waals surface area contributed by atoms with Crippen LogP contribution in [0.1, 0.15) is 31.9 Å². The van der Waals surface area contributed by atoms with Crippen molar-refractivity contribution in [3.8, 4) is 6.07 Å². The molecule has 0 amide bonds. The lowest BCUT2D eigenvalue weighted by molar-refractivity contribution is -0.137. The molecule has 19 heavy (non-hydrogen) atoms. The van der Waals surface area contributed by atoms with Crippen LogP contribution in [0.4, 0.5) is 0 Å². The number of benzene rings is 1. The van der Waals surface area contributed by atoms with Crippen LogP contribution < -0.4 is 0 Å². The molecule has 1 rings (SSSR count). The van der Waals surface area contributed by atoms with Gasteiger partial charge in [-0.1, -0.05) is 22.0 Å². The molecule has 0 heterocycles. The van der Waals surface area contributed by atoms with Gasteiger partial charge in [-0.05, 0) is 50.1 Å². The lowest BCUT2D eigenvalue weighted by Crippen LogP contribution is -2.13. The Labute approximate surface area is 122 Å². The minimum atomic E-state index is -0.573. The van der Waals surface area contributed by atoms with E-state index in [4.69, 9.17) is 10.00 Å². The Morgan fingerprint density at radius 2 is 2.16 bits per heavy atom. The first-order valence-electron chi connectivity index (χ1n) is 5.96. The molecule has 1 aromatic carbocycles. The summed E-state index contributed by atoms with van der Waals surface area (Å²) in [6.45, 7) is 5.83. The zero-order chi connectivity index (χ0) is 14.5. The third-order valence-corrected chi connectivity index (χ3v) is 3.08. The highest BCUT2D eigenvalue weighted by atomic mass is 79.9. The van der Waals surface area contributed by atoms with Gasteiger partial charge in [0.2, 0.25) is 0 Å². The average molecular weight is 322 g/mol. The summed E-state index contributed by atoms with van der Waals surface area (Å²) in [4.78, 5) is 11.3. The third-order valence-electron chi connectivity index (χ3n) is 2.62. The number of ether oxygens (including phenoxy) is 1. The van der Waals surface area contributed by atoms with E-state index in [1.807, 2.05) is 32.0 Å². The molecule has 0 fully saturated rings. The maximum Gasteiger partial charge on any atom is 0.330 e. The molecule has 3 nitrogen and oxygen atoms in total. The number of hydrogen-bond donors (Lipinski definition) is 0. The van der Waals surface area contributed by atoms with Gasteiger partial charge in [-0.15, -0.1) is 0 Å². The summed E-state index contributed by atoms with van der Waals surface area (Å²) < 4.78 is 5.69. The minimum Gasteiger partial charge on any atom is -0.463 e. The summed E-state index contributed by atoms with van der Waals surface area (Å²) in [7, 11) is 0. The third kappa shape index (κ3) is 4.53. The molecule has 0 saturated heterocycles. The quantitative estimate of drug-likeness (QED) is 0.625. The van der Waals surface area contributed by atoms with Gasteiger partial charge in [0.1, 0.15) is 0 Å². The monoisotopic (exact) mass is 321 g/mol. The molecule has 0 radical (unpaired) electrons. The molecule has 0 spiro atoms. The first-order chi connectivity index (χ1) is 8.89. The Balaban J connectivity index is 3.05. The van der Waals surface area contributed by atoms with Crippen molar-refractivity contribution in [3.63, 3.8) is 0 Å². The number of nitrogens with zero attached hydrogens (tertiary/aromatic N) is 1. The van der Waals surface area contributed by atoms with Crippen LogP contribution in [-0.4, -0.2) is 12.6 Å². The molecule has 100 valence electrons. The Hall–Kier alpha value is -1.60. The van der Waals surface area contributed by atoms with Crippen molar-refractivity contribution in [2.75, 3.05) is 6.61 Å². The molecule has 1 aromatic rings. The van der Waals surface area contributed by atoms with Crippen LogP contribution in [0.5, 0.6) is 0 Å². The topological polar surface area (TPSA) is 50.1 Å². The maximum atomic E-state index is 11.3.